The van der Waals surface area contributed by atoms with Crippen LogP contribution in [0.4, 0.5) is 4.39 Å². The van der Waals surface area contributed by atoms with Gasteiger partial charge in [0, 0.05) is 38.8 Å². The summed E-state index contributed by atoms with van der Waals surface area (Å²) in [5, 5.41) is 0. The van der Waals surface area contributed by atoms with Gasteiger partial charge < -0.3 is 10.6 Å². The minimum absolute atomic E-state index is 0.139. The Morgan fingerprint density at radius 2 is 2.11 bits per heavy atom. The van der Waals surface area contributed by atoms with E-state index in [9.17, 15) is 9.18 Å². The average Bonchev–Trinajstić information content (AvgIpc) is 2.46. The van der Waals surface area contributed by atoms with Gasteiger partial charge in [-0.1, -0.05) is 0 Å². The summed E-state index contributed by atoms with van der Waals surface area (Å²) in [6.45, 7) is 5.63. The number of halogens is 1. The lowest BCUT2D eigenvalue weighted by atomic mass is 10.2. The molecule has 1 saturated heterocycles. The molecule has 1 atom stereocenters. The fourth-order valence-electron chi connectivity index (χ4n) is 2.18. The van der Waals surface area contributed by atoms with Gasteiger partial charge in [0.25, 0.3) is 5.91 Å². The van der Waals surface area contributed by atoms with Gasteiger partial charge in [0.15, 0.2) is 0 Å². The molecule has 1 aromatic heterocycles. The van der Waals surface area contributed by atoms with Gasteiger partial charge in [0.05, 0.1) is 6.20 Å². The third-order valence-electron chi connectivity index (χ3n) is 3.51. The Hall–Kier alpha value is -1.53. The smallest absolute Gasteiger partial charge is 0.272 e. The van der Waals surface area contributed by atoms with E-state index in [0.717, 1.165) is 19.3 Å². The Bertz CT molecular complexity index is 429. The van der Waals surface area contributed by atoms with Crippen molar-refractivity contribution in [1.29, 1.82) is 0 Å². The highest BCUT2D eigenvalue weighted by atomic mass is 19.1. The van der Waals surface area contributed by atoms with E-state index >= 15 is 0 Å². The number of nitrogens with zero attached hydrogens (tertiary/aromatic N) is 3. The van der Waals surface area contributed by atoms with Crippen molar-refractivity contribution in [3.05, 3.63) is 29.8 Å². The van der Waals surface area contributed by atoms with Gasteiger partial charge in [0.1, 0.15) is 11.5 Å². The van der Waals surface area contributed by atoms with E-state index in [4.69, 9.17) is 5.73 Å². The Morgan fingerprint density at radius 1 is 1.42 bits per heavy atom. The van der Waals surface area contributed by atoms with Crippen LogP contribution in [0.2, 0.25) is 0 Å². The fourth-order valence-corrected chi connectivity index (χ4v) is 2.18. The number of carbonyl (C=O) groups is 1. The summed E-state index contributed by atoms with van der Waals surface area (Å²) in [6.07, 6.45) is 1.07. The van der Waals surface area contributed by atoms with E-state index in [-0.39, 0.29) is 5.91 Å². The zero-order valence-corrected chi connectivity index (χ0v) is 11.1. The molecule has 104 valence electrons. The molecular weight excluding hydrogens is 247 g/mol. The standard InChI is InChI=1S/C13H19FN4O/c1-10(8-15)17-4-6-18(7-5-17)13(19)12-3-2-11(14)9-16-12/h2-3,9-10H,4-8,15H2,1H3. The van der Waals surface area contributed by atoms with Crippen LogP contribution in [0.5, 0.6) is 0 Å². The molecule has 6 heteroatoms. The van der Waals surface area contributed by atoms with Crippen molar-refractivity contribution in [2.75, 3.05) is 32.7 Å². The van der Waals surface area contributed by atoms with E-state index in [0.29, 0.717) is 31.4 Å². The van der Waals surface area contributed by atoms with Crippen LogP contribution in [0.3, 0.4) is 0 Å². The Labute approximate surface area is 112 Å². The number of piperazine rings is 1. The molecule has 0 bridgehead atoms. The Kier molecular flexibility index (Phi) is 4.44. The zero-order chi connectivity index (χ0) is 13.8. The lowest BCUT2D eigenvalue weighted by Gasteiger charge is -2.37. The molecule has 1 aliphatic heterocycles. The molecule has 2 rings (SSSR count). The first-order valence-electron chi connectivity index (χ1n) is 6.46. The van der Waals surface area contributed by atoms with Crippen molar-refractivity contribution >= 4 is 5.91 Å². The van der Waals surface area contributed by atoms with Crippen LogP contribution in [0, 0.1) is 5.82 Å². The number of aromatic nitrogens is 1. The van der Waals surface area contributed by atoms with Crippen molar-refractivity contribution in [2.45, 2.75) is 13.0 Å². The summed E-state index contributed by atoms with van der Waals surface area (Å²) in [5.74, 6) is -0.571. The van der Waals surface area contributed by atoms with Crippen LogP contribution in [0.1, 0.15) is 17.4 Å². The highest BCUT2D eigenvalue weighted by molar-refractivity contribution is 5.92. The Morgan fingerprint density at radius 3 is 2.63 bits per heavy atom. The molecule has 5 nitrogen and oxygen atoms in total. The second-order valence-corrected chi connectivity index (χ2v) is 4.77. The number of rotatable bonds is 3. The highest BCUT2D eigenvalue weighted by Gasteiger charge is 2.24. The fraction of sp³-hybridized carbons (Fsp3) is 0.538. The quantitative estimate of drug-likeness (QED) is 0.856. The van der Waals surface area contributed by atoms with Crippen LogP contribution in [-0.4, -0.2) is 59.5 Å². The minimum atomic E-state index is -0.432. The van der Waals surface area contributed by atoms with Crippen LogP contribution in [0.15, 0.2) is 18.3 Å². The maximum atomic E-state index is 12.8. The second-order valence-electron chi connectivity index (χ2n) is 4.77. The maximum Gasteiger partial charge on any atom is 0.272 e. The van der Waals surface area contributed by atoms with Crippen molar-refractivity contribution in [3.8, 4) is 0 Å². The van der Waals surface area contributed by atoms with Gasteiger partial charge in [-0.25, -0.2) is 9.37 Å². The van der Waals surface area contributed by atoms with Crippen LogP contribution in [0.25, 0.3) is 0 Å². The van der Waals surface area contributed by atoms with Crippen LogP contribution < -0.4 is 5.73 Å². The number of hydrogen-bond acceptors (Lipinski definition) is 4. The van der Waals surface area contributed by atoms with E-state index in [2.05, 4.69) is 16.8 Å². The number of hydrogen-bond donors (Lipinski definition) is 1. The molecule has 0 aliphatic carbocycles. The molecule has 1 aromatic rings. The van der Waals surface area contributed by atoms with Gasteiger partial charge in [-0.05, 0) is 19.1 Å². The van der Waals surface area contributed by atoms with Crippen LogP contribution >= 0.6 is 0 Å². The van der Waals surface area contributed by atoms with E-state index in [1.54, 1.807) is 4.90 Å². The largest absolute Gasteiger partial charge is 0.335 e. The zero-order valence-electron chi connectivity index (χ0n) is 11.1. The Balaban J connectivity index is 1.94. The van der Waals surface area contributed by atoms with E-state index in [1.807, 2.05) is 0 Å². The van der Waals surface area contributed by atoms with Crippen molar-refractivity contribution in [3.63, 3.8) is 0 Å². The molecule has 2 N–H and O–H groups in total. The molecular formula is C13H19FN4O. The molecule has 1 amide bonds. The lowest BCUT2D eigenvalue weighted by Crippen LogP contribution is -2.52. The van der Waals surface area contributed by atoms with Crippen molar-refractivity contribution in [1.82, 2.24) is 14.8 Å². The first-order valence-corrected chi connectivity index (χ1v) is 6.46. The number of amides is 1. The molecule has 2 heterocycles. The van der Waals surface area contributed by atoms with Gasteiger partial charge in [-0.3, -0.25) is 9.69 Å². The maximum absolute atomic E-state index is 12.8. The predicted molar refractivity (Wildman–Crippen MR) is 70.2 cm³/mol. The molecule has 0 aromatic carbocycles. The molecule has 0 radical (unpaired) electrons. The SMILES string of the molecule is CC(CN)N1CCN(C(=O)c2ccc(F)cn2)CC1. The van der Waals surface area contributed by atoms with Gasteiger partial charge in [-0.2, -0.15) is 0 Å². The summed E-state index contributed by atoms with van der Waals surface area (Å²) < 4.78 is 12.8. The molecule has 19 heavy (non-hydrogen) atoms. The monoisotopic (exact) mass is 266 g/mol. The molecule has 0 saturated carbocycles. The number of pyridine rings is 1. The summed E-state index contributed by atoms with van der Waals surface area (Å²) >= 11 is 0. The molecule has 0 spiro atoms. The highest BCUT2D eigenvalue weighted by Crippen LogP contribution is 2.09. The normalized spacial score (nSPS) is 18.4. The van der Waals surface area contributed by atoms with Gasteiger partial charge in [-0.15, -0.1) is 0 Å². The average molecular weight is 266 g/mol. The first-order chi connectivity index (χ1) is 9.11. The summed E-state index contributed by atoms with van der Waals surface area (Å²) in [5.41, 5.74) is 5.93. The van der Waals surface area contributed by atoms with Crippen LogP contribution in [-0.2, 0) is 0 Å². The third kappa shape index (κ3) is 3.27. The van der Waals surface area contributed by atoms with E-state index in [1.165, 1.54) is 12.1 Å². The first kappa shape index (κ1) is 13.9. The summed E-state index contributed by atoms with van der Waals surface area (Å²) in [7, 11) is 0. The molecule has 1 fully saturated rings. The number of nitrogens with two attached hydrogens (primary N) is 1. The second kappa shape index (κ2) is 6.08. The predicted octanol–water partition coefficient (Wildman–Crippen LogP) is 0.326. The summed E-state index contributed by atoms with van der Waals surface area (Å²) in [6, 6.07) is 3.01. The molecule has 1 aliphatic rings. The summed E-state index contributed by atoms with van der Waals surface area (Å²) in [4.78, 5) is 20.0. The van der Waals surface area contributed by atoms with Gasteiger partial charge >= 0.3 is 0 Å². The van der Waals surface area contributed by atoms with Gasteiger partial charge in [0.2, 0.25) is 0 Å². The van der Waals surface area contributed by atoms with E-state index < -0.39 is 5.82 Å². The third-order valence-corrected chi connectivity index (χ3v) is 3.51. The number of carbonyl (C=O) groups excluding carboxylic acids is 1. The molecule has 1 unspecified atom stereocenters. The van der Waals surface area contributed by atoms with Crippen molar-refractivity contribution < 1.29 is 9.18 Å². The topological polar surface area (TPSA) is 62.5 Å². The minimum Gasteiger partial charge on any atom is -0.335 e. The lowest BCUT2D eigenvalue weighted by molar-refractivity contribution is 0.0583. The van der Waals surface area contributed by atoms with Crippen molar-refractivity contribution in [2.24, 2.45) is 5.73 Å².